The number of aryl methyl sites for hydroxylation is 1. The Kier molecular flexibility index (Phi) is 11.8. The molecule has 5 heteroatoms. The predicted molar refractivity (Wildman–Crippen MR) is 73.7 cm³/mol. The van der Waals surface area contributed by atoms with Crippen molar-refractivity contribution < 1.29 is 4.79 Å². The maximum atomic E-state index is 9.44. The van der Waals surface area contributed by atoms with Crippen LogP contribution >= 0.6 is 46.4 Å². The van der Waals surface area contributed by atoms with Gasteiger partial charge in [0.2, 0.25) is 0 Å². The molecular weight excluding hydrogens is 290 g/mol. The van der Waals surface area contributed by atoms with Crippen LogP contribution < -0.4 is 0 Å². The molecule has 0 aliphatic rings. The third kappa shape index (κ3) is 36.9. The topological polar surface area (TPSA) is 17.1 Å². The molecule has 0 saturated heterocycles. The minimum atomic E-state index is -1.61. The van der Waals surface area contributed by atoms with Crippen molar-refractivity contribution in [2.45, 2.75) is 24.0 Å². The second-order valence-electron chi connectivity index (χ2n) is 2.99. The number of Topliss-reactive ketones (excluding diaryl/α,β-unsaturated/α-hetero) is 1. The third-order valence-corrected chi connectivity index (χ3v) is 0.940. The summed E-state index contributed by atoms with van der Waals surface area (Å²) in [5, 5.41) is 0. The molecule has 0 bridgehead atoms. The Labute approximate surface area is 117 Å². The number of ketones is 1. The fourth-order valence-electron chi connectivity index (χ4n) is 0.534. The number of rotatable bonds is 0. The zero-order chi connectivity index (χ0) is 13.2. The predicted octanol–water partition coefficient (Wildman–Crippen LogP) is 5.14. The number of hydrogen-bond donors (Lipinski definition) is 0. The van der Waals surface area contributed by atoms with Gasteiger partial charge < -0.3 is 4.79 Å². The minimum absolute atomic E-state index is 0.167. The van der Waals surface area contributed by atoms with Crippen LogP contribution in [-0.4, -0.2) is 9.03 Å². The van der Waals surface area contributed by atoms with Crippen LogP contribution in [0, 0.1) is 6.92 Å². The average molecular weight is 304 g/mol. The van der Waals surface area contributed by atoms with Crippen LogP contribution in [0.2, 0.25) is 0 Å². The molecule has 1 aromatic rings. The van der Waals surface area contributed by atoms with Crippen molar-refractivity contribution in [1.29, 1.82) is 0 Å². The van der Waals surface area contributed by atoms with E-state index in [0.717, 1.165) is 0 Å². The Morgan fingerprint density at radius 2 is 1.25 bits per heavy atom. The summed E-state index contributed by atoms with van der Waals surface area (Å²) < 4.78 is -1.61. The normalized spacial score (nSPS) is 9.19. The van der Waals surface area contributed by atoms with E-state index in [1.165, 1.54) is 19.4 Å². The molecule has 0 aliphatic carbocycles. The number of alkyl halides is 4. The average Bonchev–Trinajstić information content (AvgIpc) is 2.00. The van der Waals surface area contributed by atoms with Gasteiger partial charge in [-0.15, -0.1) is 0 Å². The highest BCUT2D eigenvalue weighted by Crippen LogP contribution is 2.29. The maximum Gasteiger partial charge on any atom is 0.266 e. The zero-order valence-corrected chi connectivity index (χ0v) is 12.3. The Bertz CT molecular complexity index is 270. The maximum absolute atomic E-state index is 9.44. The van der Waals surface area contributed by atoms with Gasteiger partial charge in [-0.3, -0.25) is 0 Å². The van der Waals surface area contributed by atoms with Gasteiger partial charge in [0.15, 0.2) is 0 Å². The van der Waals surface area contributed by atoms with E-state index in [4.69, 9.17) is 46.4 Å². The Morgan fingerprint density at radius 1 is 1.00 bits per heavy atom. The number of benzene rings is 1. The van der Waals surface area contributed by atoms with E-state index in [1.807, 2.05) is 18.2 Å². The Hall–Kier alpha value is 0.0500. The van der Waals surface area contributed by atoms with E-state index in [2.05, 4.69) is 19.1 Å². The van der Waals surface area contributed by atoms with Gasteiger partial charge in [0.05, 0.1) is 0 Å². The van der Waals surface area contributed by atoms with Crippen LogP contribution in [0.4, 0.5) is 0 Å². The quantitative estimate of drug-likeness (QED) is 0.606. The van der Waals surface area contributed by atoms with Crippen molar-refractivity contribution in [3.8, 4) is 0 Å². The lowest BCUT2D eigenvalue weighted by Gasteiger charge is -1.91. The highest BCUT2D eigenvalue weighted by molar-refractivity contribution is 6.83. The van der Waals surface area contributed by atoms with Crippen LogP contribution in [-0.2, 0) is 4.79 Å². The molecule has 1 nitrogen and oxygen atoms in total. The van der Waals surface area contributed by atoms with Gasteiger partial charge in [0.1, 0.15) is 5.78 Å². The smallest absolute Gasteiger partial charge is 0.266 e. The highest BCUT2D eigenvalue weighted by atomic mass is 35.6. The highest BCUT2D eigenvalue weighted by Gasteiger charge is 2.11. The second kappa shape index (κ2) is 10.2. The summed E-state index contributed by atoms with van der Waals surface area (Å²) in [6.07, 6.45) is 0. The summed E-state index contributed by atoms with van der Waals surface area (Å²) in [6.45, 7) is 5.14. The van der Waals surface area contributed by atoms with Gasteiger partial charge in [-0.1, -0.05) is 82.3 Å². The van der Waals surface area contributed by atoms with Gasteiger partial charge in [0.25, 0.3) is 3.25 Å². The fraction of sp³-hybridized carbons (Fsp3) is 0.364. The first kappa shape index (κ1) is 18.4. The lowest BCUT2D eigenvalue weighted by Crippen LogP contribution is -1.81. The molecule has 0 unspecified atom stereocenters. The van der Waals surface area contributed by atoms with E-state index >= 15 is 0 Å². The molecule has 0 aliphatic heterocycles. The van der Waals surface area contributed by atoms with Gasteiger partial charge in [-0.25, -0.2) is 0 Å². The van der Waals surface area contributed by atoms with Crippen LogP contribution in [0.1, 0.15) is 19.4 Å². The summed E-state index contributed by atoms with van der Waals surface area (Å²) in [7, 11) is 0. The van der Waals surface area contributed by atoms with E-state index < -0.39 is 3.25 Å². The molecule has 0 saturated carbocycles. The SMILES string of the molecule is CC(C)=O.Cc1ccccc1.ClC(Cl)(Cl)Cl. The lowest BCUT2D eigenvalue weighted by molar-refractivity contribution is -0.114. The summed E-state index contributed by atoms with van der Waals surface area (Å²) in [5.41, 5.74) is 1.32. The van der Waals surface area contributed by atoms with Crippen LogP contribution in [0.3, 0.4) is 0 Å². The van der Waals surface area contributed by atoms with Gasteiger partial charge in [-0.05, 0) is 20.8 Å². The molecule has 16 heavy (non-hydrogen) atoms. The molecule has 0 amide bonds. The van der Waals surface area contributed by atoms with Gasteiger partial charge in [0, 0.05) is 0 Å². The van der Waals surface area contributed by atoms with Crippen molar-refractivity contribution in [1.82, 2.24) is 0 Å². The Morgan fingerprint density at radius 3 is 1.38 bits per heavy atom. The standard InChI is InChI=1S/C7H8.C3H6O.CCl4/c1-7-5-3-2-4-6-7;1-3(2)4;2-1(3,4)5/h2-6H,1H3;1-2H3;. The van der Waals surface area contributed by atoms with Crippen molar-refractivity contribution in [3.05, 3.63) is 35.9 Å². The monoisotopic (exact) mass is 302 g/mol. The van der Waals surface area contributed by atoms with E-state index in [9.17, 15) is 4.79 Å². The molecule has 0 aromatic heterocycles. The van der Waals surface area contributed by atoms with Gasteiger partial charge in [-0.2, -0.15) is 0 Å². The fourth-order valence-corrected chi connectivity index (χ4v) is 0.534. The summed E-state index contributed by atoms with van der Waals surface area (Å²) in [6, 6.07) is 10.3. The van der Waals surface area contributed by atoms with E-state index in [1.54, 1.807) is 0 Å². The number of carbonyl (C=O) groups is 1. The first-order chi connectivity index (χ1) is 7.13. The van der Waals surface area contributed by atoms with Crippen molar-refractivity contribution in [3.63, 3.8) is 0 Å². The lowest BCUT2D eigenvalue weighted by atomic mass is 10.2. The van der Waals surface area contributed by atoms with E-state index in [0.29, 0.717) is 0 Å². The molecule has 0 atom stereocenters. The van der Waals surface area contributed by atoms with Crippen molar-refractivity contribution in [2.24, 2.45) is 0 Å². The van der Waals surface area contributed by atoms with Crippen LogP contribution in [0.5, 0.6) is 0 Å². The van der Waals surface area contributed by atoms with Crippen molar-refractivity contribution in [2.75, 3.05) is 0 Å². The van der Waals surface area contributed by atoms with Crippen LogP contribution in [0.25, 0.3) is 0 Å². The molecule has 92 valence electrons. The third-order valence-electron chi connectivity index (χ3n) is 0.940. The summed E-state index contributed by atoms with van der Waals surface area (Å²) >= 11 is 19.3. The molecule has 0 fully saturated rings. The molecule has 0 N–H and O–H groups in total. The van der Waals surface area contributed by atoms with Crippen LogP contribution in [0.15, 0.2) is 30.3 Å². The molecular formula is C11H14Cl4O. The summed E-state index contributed by atoms with van der Waals surface area (Å²) in [4.78, 5) is 9.44. The molecule has 1 rings (SSSR count). The summed E-state index contributed by atoms with van der Waals surface area (Å²) in [5.74, 6) is 0.167. The van der Waals surface area contributed by atoms with Gasteiger partial charge >= 0.3 is 0 Å². The first-order valence-electron chi connectivity index (χ1n) is 4.37. The Balaban J connectivity index is 0. The number of hydrogen-bond acceptors (Lipinski definition) is 1. The largest absolute Gasteiger partial charge is 0.300 e. The molecule has 0 radical (unpaired) electrons. The zero-order valence-electron chi connectivity index (χ0n) is 9.31. The van der Waals surface area contributed by atoms with Crippen molar-refractivity contribution >= 4 is 52.2 Å². The minimum Gasteiger partial charge on any atom is -0.300 e. The van der Waals surface area contributed by atoms with E-state index in [-0.39, 0.29) is 5.78 Å². The number of carbonyl (C=O) groups excluding carboxylic acids is 1. The molecule has 0 heterocycles. The second-order valence-corrected chi connectivity index (χ2v) is 6.42. The first-order valence-corrected chi connectivity index (χ1v) is 5.88. The molecule has 0 spiro atoms. The number of halogens is 4. The molecule has 1 aromatic carbocycles.